The van der Waals surface area contributed by atoms with Crippen LogP contribution in [0.3, 0.4) is 0 Å². The quantitative estimate of drug-likeness (QED) is 0.526. The van der Waals surface area contributed by atoms with Crippen LogP contribution in [0.4, 0.5) is 0 Å². The van der Waals surface area contributed by atoms with Crippen LogP contribution in [0.25, 0.3) is 0 Å². The van der Waals surface area contributed by atoms with Crippen molar-refractivity contribution in [3.63, 3.8) is 0 Å². The Morgan fingerprint density at radius 3 is 2.43 bits per heavy atom. The molecule has 0 saturated carbocycles. The van der Waals surface area contributed by atoms with E-state index < -0.39 is 0 Å². The molecule has 0 aliphatic heterocycles. The lowest BCUT2D eigenvalue weighted by Crippen LogP contribution is -2.23. The summed E-state index contributed by atoms with van der Waals surface area (Å²) >= 11 is 0. The van der Waals surface area contributed by atoms with E-state index in [1.807, 2.05) is 6.92 Å². The highest BCUT2D eigenvalue weighted by Crippen LogP contribution is 1.71. The number of likely N-dealkylation sites (N-methyl/N-ethyl adjacent to an activating group) is 1. The maximum atomic E-state index is 8.62. The zero-order chi connectivity index (χ0) is 5.70. The number of hydrogen-bond donors (Lipinski definition) is 2. The summed E-state index contributed by atoms with van der Waals surface area (Å²) in [6, 6.07) is 0. The molecule has 0 aliphatic carbocycles. The zero-order valence-corrected chi connectivity index (χ0v) is 4.94. The number of aliphatic hydroxyl groups is 1. The van der Waals surface area contributed by atoms with E-state index in [-0.39, 0.29) is 6.10 Å². The van der Waals surface area contributed by atoms with Crippen LogP contribution in [-0.2, 0) is 0 Å². The van der Waals surface area contributed by atoms with Crippen molar-refractivity contribution in [2.45, 2.75) is 20.0 Å². The fraction of sp³-hybridized carbons (Fsp3) is 1.00. The number of aliphatic hydroxyl groups excluding tert-OH is 1. The zero-order valence-electron chi connectivity index (χ0n) is 4.94. The standard InChI is InChI=1S/C5H13NO/c1-3-6-4-5(2)7/h5-7H,3-4H2,1-2H3/t5-/m0/s1. The second kappa shape index (κ2) is 4.09. The SMILES string of the molecule is CCNC[C@H](C)O. The molecule has 1 atom stereocenters. The molecule has 0 bridgehead atoms. The molecule has 0 heterocycles. The Kier molecular flexibility index (Phi) is 4.04. The van der Waals surface area contributed by atoms with Gasteiger partial charge < -0.3 is 10.4 Å². The number of nitrogens with one attached hydrogen (secondary N) is 1. The van der Waals surface area contributed by atoms with Crippen molar-refractivity contribution in [2.24, 2.45) is 0 Å². The Morgan fingerprint density at radius 2 is 2.29 bits per heavy atom. The second-order valence-electron chi connectivity index (χ2n) is 1.66. The van der Waals surface area contributed by atoms with Gasteiger partial charge in [-0.25, -0.2) is 0 Å². The molecule has 2 heteroatoms. The van der Waals surface area contributed by atoms with Gasteiger partial charge in [0, 0.05) is 6.54 Å². The monoisotopic (exact) mass is 103 g/mol. The van der Waals surface area contributed by atoms with Crippen LogP contribution in [0.5, 0.6) is 0 Å². The largest absolute Gasteiger partial charge is 0.392 e. The molecule has 2 N–H and O–H groups in total. The van der Waals surface area contributed by atoms with Gasteiger partial charge in [-0.1, -0.05) is 6.92 Å². The molecule has 0 aromatic heterocycles. The lowest BCUT2D eigenvalue weighted by atomic mass is 10.4. The number of rotatable bonds is 3. The van der Waals surface area contributed by atoms with Crippen LogP contribution in [0, 0.1) is 0 Å². The van der Waals surface area contributed by atoms with Crippen molar-refractivity contribution in [1.29, 1.82) is 0 Å². The van der Waals surface area contributed by atoms with Crippen LogP contribution < -0.4 is 5.32 Å². The van der Waals surface area contributed by atoms with E-state index in [1.54, 1.807) is 6.92 Å². The average molecular weight is 103 g/mol. The summed E-state index contributed by atoms with van der Waals surface area (Å²) in [5, 5.41) is 11.6. The molecule has 0 rings (SSSR count). The van der Waals surface area contributed by atoms with Crippen molar-refractivity contribution in [1.82, 2.24) is 5.32 Å². The minimum Gasteiger partial charge on any atom is -0.392 e. The Hall–Kier alpha value is -0.0800. The van der Waals surface area contributed by atoms with Gasteiger partial charge in [0.2, 0.25) is 0 Å². The summed E-state index contributed by atoms with van der Waals surface area (Å²) in [7, 11) is 0. The first-order chi connectivity index (χ1) is 3.27. The van der Waals surface area contributed by atoms with Gasteiger partial charge >= 0.3 is 0 Å². The van der Waals surface area contributed by atoms with Gasteiger partial charge in [0.15, 0.2) is 0 Å². The maximum absolute atomic E-state index is 8.62. The van der Waals surface area contributed by atoms with Crippen LogP contribution in [0.1, 0.15) is 13.8 Å². The van der Waals surface area contributed by atoms with E-state index in [9.17, 15) is 0 Å². The molecule has 0 aromatic rings. The van der Waals surface area contributed by atoms with Crippen molar-refractivity contribution in [2.75, 3.05) is 13.1 Å². The van der Waals surface area contributed by atoms with Crippen molar-refractivity contribution < 1.29 is 5.11 Å². The minimum absolute atomic E-state index is 0.208. The molecule has 0 unspecified atom stereocenters. The third kappa shape index (κ3) is 5.92. The van der Waals surface area contributed by atoms with Crippen molar-refractivity contribution >= 4 is 0 Å². The first kappa shape index (κ1) is 6.92. The van der Waals surface area contributed by atoms with Crippen molar-refractivity contribution in [3.05, 3.63) is 0 Å². The van der Waals surface area contributed by atoms with E-state index in [0.29, 0.717) is 6.54 Å². The molecule has 0 aromatic carbocycles. The molecule has 0 saturated heterocycles. The van der Waals surface area contributed by atoms with Crippen LogP contribution >= 0.6 is 0 Å². The van der Waals surface area contributed by atoms with E-state index in [2.05, 4.69) is 5.32 Å². The third-order valence-electron chi connectivity index (χ3n) is 0.690. The van der Waals surface area contributed by atoms with E-state index in [0.717, 1.165) is 6.54 Å². The fourth-order valence-corrected chi connectivity index (χ4v) is 0.353. The summed E-state index contributed by atoms with van der Waals surface area (Å²) in [4.78, 5) is 0. The van der Waals surface area contributed by atoms with Gasteiger partial charge in [-0.15, -0.1) is 0 Å². The summed E-state index contributed by atoms with van der Waals surface area (Å²) in [5.74, 6) is 0. The van der Waals surface area contributed by atoms with Gasteiger partial charge in [0.05, 0.1) is 6.10 Å². The lowest BCUT2D eigenvalue weighted by Gasteiger charge is -2.01. The molecule has 0 fully saturated rings. The van der Waals surface area contributed by atoms with E-state index >= 15 is 0 Å². The van der Waals surface area contributed by atoms with Crippen LogP contribution in [0.2, 0.25) is 0 Å². The summed E-state index contributed by atoms with van der Waals surface area (Å²) in [6.07, 6.45) is -0.208. The number of hydrogen-bond acceptors (Lipinski definition) is 2. The van der Waals surface area contributed by atoms with Crippen LogP contribution in [-0.4, -0.2) is 24.3 Å². The molecule has 2 nitrogen and oxygen atoms in total. The second-order valence-corrected chi connectivity index (χ2v) is 1.66. The fourth-order valence-electron chi connectivity index (χ4n) is 0.353. The molecule has 44 valence electrons. The normalized spacial score (nSPS) is 14.1. The summed E-state index contributed by atoms with van der Waals surface area (Å²) in [6.45, 7) is 5.42. The molecule has 7 heavy (non-hydrogen) atoms. The van der Waals surface area contributed by atoms with Gasteiger partial charge in [0.1, 0.15) is 0 Å². The van der Waals surface area contributed by atoms with E-state index in [4.69, 9.17) is 5.11 Å². The average Bonchev–Trinajstić information content (AvgIpc) is 1.61. The lowest BCUT2D eigenvalue weighted by molar-refractivity contribution is 0.192. The highest BCUT2D eigenvalue weighted by atomic mass is 16.3. The maximum Gasteiger partial charge on any atom is 0.0636 e. The van der Waals surface area contributed by atoms with Gasteiger partial charge in [0.25, 0.3) is 0 Å². The Bertz CT molecular complexity index is 37.1. The first-order valence-corrected chi connectivity index (χ1v) is 2.66. The Balaban J connectivity index is 2.68. The summed E-state index contributed by atoms with van der Waals surface area (Å²) < 4.78 is 0. The molecule has 0 aliphatic rings. The van der Waals surface area contributed by atoms with E-state index in [1.165, 1.54) is 0 Å². The predicted octanol–water partition coefficient (Wildman–Crippen LogP) is -0.0233. The Labute approximate surface area is 44.5 Å². The predicted molar refractivity (Wildman–Crippen MR) is 30.2 cm³/mol. The Morgan fingerprint density at radius 1 is 1.71 bits per heavy atom. The van der Waals surface area contributed by atoms with Crippen LogP contribution in [0.15, 0.2) is 0 Å². The molecule has 0 spiro atoms. The van der Waals surface area contributed by atoms with Gasteiger partial charge in [-0.3, -0.25) is 0 Å². The van der Waals surface area contributed by atoms with Crippen molar-refractivity contribution in [3.8, 4) is 0 Å². The van der Waals surface area contributed by atoms with Gasteiger partial charge in [-0.05, 0) is 13.5 Å². The molecule has 0 amide bonds. The topological polar surface area (TPSA) is 32.3 Å². The smallest absolute Gasteiger partial charge is 0.0636 e. The molecule has 0 radical (unpaired) electrons. The molecular formula is C5H13NO. The highest BCUT2D eigenvalue weighted by molar-refractivity contribution is 4.48. The highest BCUT2D eigenvalue weighted by Gasteiger charge is 1.88. The third-order valence-corrected chi connectivity index (χ3v) is 0.690. The van der Waals surface area contributed by atoms with Gasteiger partial charge in [-0.2, -0.15) is 0 Å². The first-order valence-electron chi connectivity index (χ1n) is 2.66. The minimum atomic E-state index is -0.208. The summed E-state index contributed by atoms with van der Waals surface area (Å²) in [5.41, 5.74) is 0. The molecular weight excluding hydrogens is 90.1 g/mol.